The van der Waals surface area contributed by atoms with Crippen molar-refractivity contribution in [2.45, 2.75) is 30.7 Å². The molecule has 0 spiro atoms. The van der Waals surface area contributed by atoms with Gasteiger partial charge in [0.2, 0.25) is 5.89 Å². The summed E-state index contributed by atoms with van der Waals surface area (Å²) in [5.74, 6) is 2.21. The first-order chi connectivity index (χ1) is 9.61. The second-order valence-corrected chi connectivity index (χ2v) is 5.77. The van der Waals surface area contributed by atoms with Gasteiger partial charge in [-0.2, -0.15) is 4.98 Å². The highest BCUT2D eigenvalue weighted by molar-refractivity contribution is 7.98. The Balaban J connectivity index is 1.72. The fourth-order valence-electron chi connectivity index (χ4n) is 1.77. The van der Waals surface area contributed by atoms with Crippen molar-refractivity contribution in [3.63, 3.8) is 0 Å². The number of nitrogens with zero attached hydrogens (tertiary/aromatic N) is 3. The average Bonchev–Trinajstić information content (AvgIpc) is 3.01. The number of imidazole rings is 1. The molecule has 0 aliphatic heterocycles. The summed E-state index contributed by atoms with van der Waals surface area (Å²) in [6, 6.07) is 5.61. The van der Waals surface area contributed by atoms with Gasteiger partial charge in [-0.3, -0.25) is 0 Å². The van der Waals surface area contributed by atoms with E-state index in [1.165, 1.54) is 11.8 Å². The molecule has 7 heteroatoms. The molecule has 0 amide bonds. The Hall–Kier alpha value is -2.02. The molecule has 0 atom stereocenters. The van der Waals surface area contributed by atoms with E-state index in [0.717, 1.165) is 21.9 Å². The largest absolute Gasteiger partial charge is 0.399 e. The molecular formula is C13H15N5OS. The van der Waals surface area contributed by atoms with Crippen LogP contribution in [-0.2, 0) is 5.75 Å². The summed E-state index contributed by atoms with van der Waals surface area (Å²) in [5.41, 5.74) is 8.30. The van der Waals surface area contributed by atoms with Crippen LogP contribution >= 0.6 is 11.8 Å². The Morgan fingerprint density at radius 2 is 2.20 bits per heavy atom. The molecule has 0 saturated carbocycles. The molecule has 104 valence electrons. The highest BCUT2D eigenvalue weighted by Crippen LogP contribution is 2.23. The Bertz CT molecular complexity index is 733. The number of nitrogens with one attached hydrogen (secondary N) is 1. The zero-order valence-electron chi connectivity index (χ0n) is 11.3. The predicted molar refractivity (Wildman–Crippen MR) is 78.5 cm³/mol. The van der Waals surface area contributed by atoms with Gasteiger partial charge in [-0.05, 0) is 18.2 Å². The van der Waals surface area contributed by atoms with Crippen LogP contribution in [0.4, 0.5) is 5.69 Å². The van der Waals surface area contributed by atoms with Crippen LogP contribution in [0.15, 0.2) is 27.9 Å². The van der Waals surface area contributed by atoms with Crippen LogP contribution in [0.5, 0.6) is 0 Å². The van der Waals surface area contributed by atoms with Crippen LogP contribution in [-0.4, -0.2) is 20.1 Å². The first-order valence-electron chi connectivity index (χ1n) is 6.32. The zero-order chi connectivity index (χ0) is 14.1. The minimum Gasteiger partial charge on any atom is -0.399 e. The van der Waals surface area contributed by atoms with Crippen molar-refractivity contribution in [1.82, 2.24) is 20.1 Å². The maximum atomic E-state index is 5.74. The quantitative estimate of drug-likeness (QED) is 0.566. The van der Waals surface area contributed by atoms with Crippen LogP contribution in [0.1, 0.15) is 31.5 Å². The monoisotopic (exact) mass is 289 g/mol. The Morgan fingerprint density at radius 1 is 1.35 bits per heavy atom. The van der Waals surface area contributed by atoms with Gasteiger partial charge in [0.25, 0.3) is 0 Å². The van der Waals surface area contributed by atoms with E-state index >= 15 is 0 Å². The molecule has 2 aromatic heterocycles. The molecule has 0 unspecified atom stereocenters. The van der Waals surface area contributed by atoms with E-state index in [1.54, 1.807) is 0 Å². The fourth-order valence-corrected chi connectivity index (χ4v) is 2.49. The van der Waals surface area contributed by atoms with Crippen LogP contribution in [0, 0.1) is 0 Å². The van der Waals surface area contributed by atoms with Gasteiger partial charge in [0.1, 0.15) is 0 Å². The standard InChI is InChI=1S/C13H15N5OS/c1-7(2)12-17-11(18-19-12)6-20-13-15-9-4-3-8(14)5-10(9)16-13/h3-5,7H,6,14H2,1-2H3,(H,15,16). The van der Waals surface area contributed by atoms with Crippen molar-refractivity contribution in [2.75, 3.05) is 5.73 Å². The molecule has 0 radical (unpaired) electrons. The molecule has 0 aliphatic rings. The number of thioether (sulfide) groups is 1. The number of hydrogen-bond acceptors (Lipinski definition) is 6. The predicted octanol–water partition coefficient (Wildman–Crippen LogP) is 2.94. The third-order valence-electron chi connectivity index (χ3n) is 2.80. The minimum absolute atomic E-state index is 0.246. The second-order valence-electron chi connectivity index (χ2n) is 4.81. The Kier molecular flexibility index (Phi) is 3.35. The van der Waals surface area contributed by atoms with Crippen molar-refractivity contribution < 1.29 is 4.52 Å². The number of fused-ring (bicyclic) bond motifs is 1. The van der Waals surface area contributed by atoms with Gasteiger partial charge in [-0.1, -0.05) is 30.8 Å². The van der Waals surface area contributed by atoms with Gasteiger partial charge in [0, 0.05) is 11.6 Å². The summed E-state index contributed by atoms with van der Waals surface area (Å²) in [7, 11) is 0. The van der Waals surface area contributed by atoms with Crippen molar-refractivity contribution in [3.8, 4) is 0 Å². The molecule has 2 heterocycles. The van der Waals surface area contributed by atoms with E-state index in [2.05, 4.69) is 20.1 Å². The minimum atomic E-state index is 0.246. The first kappa shape index (κ1) is 13.0. The van der Waals surface area contributed by atoms with E-state index in [-0.39, 0.29) is 5.92 Å². The van der Waals surface area contributed by atoms with E-state index in [1.807, 2.05) is 32.0 Å². The van der Waals surface area contributed by atoms with Crippen LogP contribution < -0.4 is 5.73 Å². The molecule has 3 N–H and O–H groups in total. The van der Waals surface area contributed by atoms with Gasteiger partial charge in [0.15, 0.2) is 11.0 Å². The van der Waals surface area contributed by atoms with Crippen molar-refractivity contribution >= 4 is 28.5 Å². The molecule has 1 aromatic carbocycles. The number of benzene rings is 1. The molecule has 0 aliphatic carbocycles. The first-order valence-corrected chi connectivity index (χ1v) is 7.31. The molecule has 6 nitrogen and oxygen atoms in total. The lowest BCUT2D eigenvalue weighted by molar-refractivity contribution is 0.362. The number of nitrogen functional groups attached to an aromatic ring is 1. The number of rotatable bonds is 4. The van der Waals surface area contributed by atoms with Gasteiger partial charge in [-0.25, -0.2) is 4.98 Å². The maximum absolute atomic E-state index is 5.74. The van der Waals surface area contributed by atoms with E-state index in [4.69, 9.17) is 10.3 Å². The number of anilines is 1. The van der Waals surface area contributed by atoms with E-state index < -0.39 is 0 Å². The van der Waals surface area contributed by atoms with E-state index in [9.17, 15) is 0 Å². The average molecular weight is 289 g/mol. The Morgan fingerprint density at radius 3 is 2.95 bits per heavy atom. The molecular weight excluding hydrogens is 274 g/mol. The third-order valence-corrected chi connectivity index (χ3v) is 3.67. The SMILES string of the molecule is CC(C)c1nc(CSc2nc3ccc(N)cc3[nH]2)no1. The number of hydrogen-bond donors (Lipinski definition) is 2. The smallest absolute Gasteiger partial charge is 0.229 e. The maximum Gasteiger partial charge on any atom is 0.229 e. The zero-order valence-corrected chi connectivity index (χ0v) is 12.1. The second kappa shape index (κ2) is 5.16. The highest BCUT2D eigenvalue weighted by atomic mass is 32.2. The summed E-state index contributed by atoms with van der Waals surface area (Å²) in [6.07, 6.45) is 0. The highest BCUT2D eigenvalue weighted by Gasteiger charge is 2.11. The third kappa shape index (κ3) is 2.62. The molecule has 3 aromatic rings. The van der Waals surface area contributed by atoms with Crippen LogP contribution in [0.25, 0.3) is 11.0 Å². The fraction of sp³-hybridized carbons (Fsp3) is 0.308. The summed E-state index contributed by atoms with van der Waals surface area (Å²) in [5, 5.41) is 4.77. The molecule has 3 rings (SSSR count). The van der Waals surface area contributed by atoms with Crippen molar-refractivity contribution in [2.24, 2.45) is 0 Å². The lowest BCUT2D eigenvalue weighted by atomic mass is 10.2. The topological polar surface area (TPSA) is 93.6 Å². The normalized spacial score (nSPS) is 11.6. The van der Waals surface area contributed by atoms with E-state index in [0.29, 0.717) is 17.5 Å². The summed E-state index contributed by atoms with van der Waals surface area (Å²) in [6.45, 7) is 4.04. The molecule has 0 saturated heterocycles. The summed E-state index contributed by atoms with van der Waals surface area (Å²) in [4.78, 5) is 12.0. The van der Waals surface area contributed by atoms with Gasteiger partial charge in [-0.15, -0.1) is 0 Å². The molecule has 0 fully saturated rings. The van der Waals surface area contributed by atoms with Crippen molar-refractivity contribution in [1.29, 1.82) is 0 Å². The number of H-pyrrole nitrogens is 1. The lowest BCUT2D eigenvalue weighted by Crippen LogP contribution is -1.88. The summed E-state index contributed by atoms with van der Waals surface area (Å²) >= 11 is 1.54. The summed E-state index contributed by atoms with van der Waals surface area (Å²) < 4.78 is 5.17. The molecule has 20 heavy (non-hydrogen) atoms. The lowest BCUT2D eigenvalue weighted by Gasteiger charge is -1.93. The number of aromatic amines is 1. The van der Waals surface area contributed by atoms with Crippen LogP contribution in [0.2, 0.25) is 0 Å². The molecule has 0 bridgehead atoms. The van der Waals surface area contributed by atoms with Gasteiger partial charge >= 0.3 is 0 Å². The van der Waals surface area contributed by atoms with Crippen molar-refractivity contribution in [3.05, 3.63) is 29.9 Å². The Labute approximate surface area is 120 Å². The number of nitrogens with two attached hydrogens (primary N) is 1. The van der Waals surface area contributed by atoms with Gasteiger partial charge in [0.05, 0.1) is 16.8 Å². The number of aromatic nitrogens is 4. The van der Waals surface area contributed by atoms with Gasteiger partial charge < -0.3 is 15.2 Å². The van der Waals surface area contributed by atoms with Crippen LogP contribution in [0.3, 0.4) is 0 Å².